The molecule has 1 fully saturated rings. The Balaban J connectivity index is 2.47. The molecular weight excluding hydrogens is 188 g/mol. The fraction of sp³-hybridized carbons (Fsp3) is 0.769. The largest absolute Gasteiger partial charge is 0.392 e. The second-order valence-corrected chi connectivity index (χ2v) is 5.68. The molecular formula is C13H20O2. The van der Waals surface area contributed by atoms with E-state index in [2.05, 4.69) is 13.0 Å². The Labute approximate surface area is 91.4 Å². The third kappa shape index (κ3) is 1.38. The maximum absolute atomic E-state index is 11.9. The molecule has 2 nitrogen and oxygen atoms in total. The minimum Gasteiger partial charge on any atom is -0.392 e. The monoisotopic (exact) mass is 208 g/mol. The number of allylic oxidation sites excluding steroid dienone is 1. The fourth-order valence-electron chi connectivity index (χ4n) is 3.22. The summed E-state index contributed by atoms with van der Waals surface area (Å²) >= 11 is 0. The van der Waals surface area contributed by atoms with Crippen LogP contribution in [0.15, 0.2) is 11.6 Å². The molecule has 0 aromatic rings. The fourth-order valence-corrected chi connectivity index (χ4v) is 3.22. The number of aliphatic hydroxyl groups excluding tert-OH is 1. The molecule has 2 atom stereocenters. The van der Waals surface area contributed by atoms with Crippen molar-refractivity contribution in [3.63, 3.8) is 0 Å². The van der Waals surface area contributed by atoms with Crippen LogP contribution in [0.5, 0.6) is 0 Å². The molecule has 0 aromatic heterocycles. The zero-order valence-electron chi connectivity index (χ0n) is 9.84. The van der Waals surface area contributed by atoms with Gasteiger partial charge in [-0.2, -0.15) is 0 Å². The van der Waals surface area contributed by atoms with Crippen molar-refractivity contribution >= 4 is 5.78 Å². The molecule has 0 radical (unpaired) electrons. The van der Waals surface area contributed by atoms with E-state index in [1.807, 2.05) is 13.8 Å². The molecule has 2 aliphatic carbocycles. The van der Waals surface area contributed by atoms with Gasteiger partial charge in [0.05, 0.1) is 6.10 Å². The lowest BCUT2D eigenvalue weighted by Crippen LogP contribution is -2.48. The van der Waals surface area contributed by atoms with Gasteiger partial charge < -0.3 is 5.11 Å². The zero-order valence-corrected chi connectivity index (χ0v) is 9.84. The number of aliphatic hydroxyl groups is 1. The van der Waals surface area contributed by atoms with Crippen LogP contribution in [0.1, 0.15) is 46.5 Å². The number of carbonyl (C=O) groups excluding carboxylic acids is 1. The lowest BCUT2D eigenvalue weighted by atomic mass is 9.55. The van der Waals surface area contributed by atoms with Crippen molar-refractivity contribution in [1.82, 2.24) is 0 Å². The summed E-state index contributed by atoms with van der Waals surface area (Å²) in [6, 6.07) is 0. The third-order valence-electron chi connectivity index (χ3n) is 4.38. The first kappa shape index (κ1) is 10.9. The van der Waals surface area contributed by atoms with Gasteiger partial charge in [-0.25, -0.2) is 0 Å². The maximum atomic E-state index is 11.9. The van der Waals surface area contributed by atoms with Gasteiger partial charge in [-0.15, -0.1) is 0 Å². The Hall–Kier alpha value is -0.630. The van der Waals surface area contributed by atoms with Crippen molar-refractivity contribution < 1.29 is 9.90 Å². The highest BCUT2D eigenvalue weighted by atomic mass is 16.3. The van der Waals surface area contributed by atoms with Gasteiger partial charge in [0, 0.05) is 17.3 Å². The highest BCUT2D eigenvalue weighted by Crippen LogP contribution is 2.53. The number of ketones is 1. The van der Waals surface area contributed by atoms with Crippen LogP contribution in [0, 0.1) is 10.8 Å². The summed E-state index contributed by atoms with van der Waals surface area (Å²) in [7, 11) is 0. The molecule has 0 unspecified atom stereocenters. The number of fused-ring (bicyclic) bond motifs is 1. The number of Topliss-reactive ketones (excluding diaryl/α,β-unsaturated/α-hetero) is 1. The summed E-state index contributed by atoms with van der Waals surface area (Å²) < 4.78 is 0. The Morgan fingerprint density at radius 2 is 2.07 bits per heavy atom. The smallest absolute Gasteiger partial charge is 0.142 e. The van der Waals surface area contributed by atoms with Crippen LogP contribution in [0.2, 0.25) is 0 Å². The number of hydrogen-bond acceptors (Lipinski definition) is 2. The standard InChI is InChI=1S/C13H20O2/c1-12(2)9-5-4-6-11(15)13(9,3)8-7-10(12)14/h5,11,15H,4,6-8H2,1-3H3/t11-,13-/m1/s1. The SMILES string of the molecule is CC1(C)C(=O)CC[C@]2(C)C1=CCC[C@H]2O. The van der Waals surface area contributed by atoms with Crippen molar-refractivity contribution in [1.29, 1.82) is 0 Å². The predicted molar refractivity (Wildman–Crippen MR) is 59.5 cm³/mol. The van der Waals surface area contributed by atoms with E-state index in [1.54, 1.807) is 0 Å². The molecule has 0 heterocycles. The Morgan fingerprint density at radius 1 is 1.40 bits per heavy atom. The summed E-state index contributed by atoms with van der Waals surface area (Å²) in [6.07, 6.45) is 5.07. The first-order valence-electron chi connectivity index (χ1n) is 5.81. The predicted octanol–water partition coefficient (Wildman–Crippen LogP) is 2.46. The van der Waals surface area contributed by atoms with E-state index in [1.165, 1.54) is 5.57 Å². The van der Waals surface area contributed by atoms with Gasteiger partial charge in [0.15, 0.2) is 0 Å². The summed E-state index contributed by atoms with van der Waals surface area (Å²) in [6.45, 7) is 6.10. The molecule has 0 amide bonds. The zero-order chi connectivity index (χ0) is 11.3. The van der Waals surface area contributed by atoms with Gasteiger partial charge in [0.2, 0.25) is 0 Å². The van der Waals surface area contributed by atoms with Crippen molar-refractivity contribution in [3.05, 3.63) is 11.6 Å². The molecule has 2 rings (SSSR count). The van der Waals surface area contributed by atoms with Crippen molar-refractivity contribution in [2.45, 2.75) is 52.6 Å². The third-order valence-corrected chi connectivity index (χ3v) is 4.38. The van der Waals surface area contributed by atoms with Crippen LogP contribution in [0.3, 0.4) is 0 Å². The van der Waals surface area contributed by atoms with E-state index in [0.717, 1.165) is 19.3 Å². The second kappa shape index (κ2) is 3.18. The normalized spacial score (nSPS) is 39.6. The van der Waals surface area contributed by atoms with Gasteiger partial charge in [-0.05, 0) is 33.1 Å². The Kier molecular flexibility index (Phi) is 2.30. The van der Waals surface area contributed by atoms with E-state index in [-0.39, 0.29) is 16.9 Å². The summed E-state index contributed by atoms with van der Waals surface area (Å²) in [5, 5.41) is 10.1. The summed E-state index contributed by atoms with van der Waals surface area (Å²) in [4.78, 5) is 11.9. The molecule has 2 aliphatic rings. The van der Waals surface area contributed by atoms with E-state index >= 15 is 0 Å². The maximum Gasteiger partial charge on any atom is 0.142 e. The van der Waals surface area contributed by atoms with Gasteiger partial charge in [0.25, 0.3) is 0 Å². The average molecular weight is 208 g/mol. The first-order valence-corrected chi connectivity index (χ1v) is 5.81. The van der Waals surface area contributed by atoms with E-state index in [4.69, 9.17) is 0 Å². The van der Waals surface area contributed by atoms with Gasteiger partial charge >= 0.3 is 0 Å². The van der Waals surface area contributed by atoms with Crippen molar-refractivity contribution in [2.24, 2.45) is 10.8 Å². The Morgan fingerprint density at radius 3 is 2.73 bits per heavy atom. The summed E-state index contributed by atoms with van der Waals surface area (Å²) in [5.74, 6) is 0.320. The molecule has 0 aromatic carbocycles. The van der Waals surface area contributed by atoms with E-state index < -0.39 is 0 Å². The number of rotatable bonds is 0. The van der Waals surface area contributed by atoms with Gasteiger partial charge in [-0.1, -0.05) is 18.6 Å². The molecule has 0 bridgehead atoms. The minimum atomic E-state index is -0.367. The van der Waals surface area contributed by atoms with Crippen LogP contribution in [-0.4, -0.2) is 17.0 Å². The topological polar surface area (TPSA) is 37.3 Å². The lowest BCUT2D eigenvalue weighted by molar-refractivity contribution is -0.130. The summed E-state index contributed by atoms with van der Waals surface area (Å²) in [5.41, 5.74) is 0.648. The van der Waals surface area contributed by atoms with E-state index in [9.17, 15) is 9.90 Å². The minimum absolute atomic E-state index is 0.157. The van der Waals surface area contributed by atoms with Crippen molar-refractivity contribution in [2.75, 3.05) is 0 Å². The molecule has 1 saturated carbocycles. The second-order valence-electron chi connectivity index (χ2n) is 5.68. The molecule has 15 heavy (non-hydrogen) atoms. The molecule has 0 saturated heterocycles. The van der Waals surface area contributed by atoms with Crippen LogP contribution >= 0.6 is 0 Å². The molecule has 0 spiro atoms. The quantitative estimate of drug-likeness (QED) is 0.621. The van der Waals surface area contributed by atoms with Gasteiger partial charge in [0.1, 0.15) is 5.78 Å². The first-order chi connectivity index (χ1) is 6.89. The van der Waals surface area contributed by atoms with Crippen molar-refractivity contribution in [3.8, 4) is 0 Å². The van der Waals surface area contributed by atoms with Crippen LogP contribution in [0.4, 0.5) is 0 Å². The molecule has 84 valence electrons. The van der Waals surface area contributed by atoms with Crippen LogP contribution in [-0.2, 0) is 4.79 Å². The van der Waals surface area contributed by atoms with Crippen LogP contribution in [0.25, 0.3) is 0 Å². The van der Waals surface area contributed by atoms with E-state index in [0.29, 0.717) is 12.2 Å². The highest BCUT2D eigenvalue weighted by Gasteiger charge is 2.50. The molecule has 2 heteroatoms. The number of hydrogen-bond donors (Lipinski definition) is 1. The van der Waals surface area contributed by atoms with Gasteiger partial charge in [-0.3, -0.25) is 4.79 Å². The molecule has 0 aliphatic heterocycles. The molecule has 1 N–H and O–H groups in total. The average Bonchev–Trinajstić information content (AvgIpc) is 2.16. The number of carbonyl (C=O) groups is 1. The van der Waals surface area contributed by atoms with Crippen LogP contribution < -0.4 is 0 Å². The highest BCUT2D eigenvalue weighted by molar-refractivity contribution is 5.89. The lowest BCUT2D eigenvalue weighted by Gasteiger charge is -2.49. The Bertz CT molecular complexity index is 327.